The lowest BCUT2D eigenvalue weighted by atomic mass is 9.76. The van der Waals surface area contributed by atoms with E-state index in [0.717, 1.165) is 43.5 Å². The summed E-state index contributed by atoms with van der Waals surface area (Å²) < 4.78 is 20.4. The van der Waals surface area contributed by atoms with Crippen molar-refractivity contribution >= 4 is 28.2 Å². The Kier molecular flexibility index (Phi) is 6.90. The fourth-order valence-electron chi connectivity index (χ4n) is 5.99. The standard InChI is InChI=1S/C28H34FN5O2/c1-16-8-18(11-19(30)9-16)22-6-7-31-14-26(22)33-28(35)23-4-5-25(29)24-12-20(13-32-27(23)24)34-15-21(36-3)10-17(34)2/h4-7,12-14,16-19,21H,8-11,15,30H2,1-3H3,(H,33,35)/t16-,17-,18+,19-,21-/m0/s1. The van der Waals surface area contributed by atoms with Crippen LogP contribution in [0, 0.1) is 11.7 Å². The monoisotopic (exact) mass is 491 g/mol. The molecule has 190 valence electrons. The molecule has 3 heterocycles. The Balaban J connectivity index is 1.44. The van der Waals surface area contributed by atoms with E-state index in [1.54, 1.807) is 31.8 Å². The van der Waals surface area contributed by atoms with Gasteiger partial charge in [0.15, 0.2) is 0 Å². The summed E-state index contributed by atoms with van der Waals surface area (Å²) in [6.45, 7) is 5.06. The first-order chi connectivity index (χ1) is 17.3. The number of anilines is 2. The normalized spacial score (nSPS) is 26.4. The molecule has 7 nitrogen and oxygen atoms in total. The van der Waals surface area contributed by atoms with Gasteiger partial charge < -0.3 is 20.7 Å². The molecule has 1 saturated heterocycles. The highest BCUT2D eigenvalue weighted by molar-refractivity contribution is 6.12. The molecule has 1 saturated carbocycles. The number of amides is 1. The Morgan fingerprint density at radius 1 is 1.17 bits per heavy atom. The molecule has 1 amide bonds. The first-order valence-corrected chi connectivity index (χ1v) is 12.7. The van der Waals surface area contributed by atoms with Gasteiger partial charge in [0, 0.05) is 37.3 Å². The average molecular weight is 492 g/mol. The lowest BCUT2D eigenvalue weighted by molar-refractivity contribution is 0.102. The number of nitrogens with zero attached hydrogens (tertiary/aromatic N) is 3. The number of hydrogen-bond acceptors (Lipinski definition) is 6. The van der Waals surface area contributed by atoms with Gasteiger partial charge in [0.05, 0.1) is 41.0 Å². The van der Waals surface area contributed by atoms with Crippen LogP contribution in [0.2, 0.25) is 0 Å². The van der Waals surface area contributed by atoms with Crippen LogP contribution in [0.1, 0.15) is 61.4 Å². The molecule has 2 aliphatic rings. The van der Waals surface area contributed by atoms with Crippen LogP contribution >= 0.6 is 0 Å². The first kappa shape index (κ1) is 24.6. The third-order valence-electron chi connectivity index (χ3n) is 7.75. The number of hydrogen-bond donors (Lipinski definition) is 2. The lowest BCUT2D eigenvalue weighted by Gasteiger charge is -2.32. The maximum Gasteiger partial charge on any atom is 0.257 e. The number of ether oxygens (including phenoxy) is 1. The Labute approximate surface area is 211 Å². The molecule has 8 heteroatoms. The van der Waals surface area contributed by atoms with E-state index in [9.17, 15) is 9.18 Å². The SMILES string of the molecule is CO[C@H]1C[C@H](C)N(c2cnc3c(C(=O)Nc4cnccc4[C@@H]4C[C@H](C)C[C@H](N)C4)ccc(F)c3c2)C1. The minimum Gasteiger partial charge on any atom is -0.380 e. The van der Waals surface area contributed by atoms with Crippen LogP contribution in [0.5, 0.6) is 0 Å². The molecule has 2 fully saturated rings. The number of nitrogens with two attached hydrogens (primary N) is 1. The quantitative estimate of drug-likeness (QED) is 0.529. The van der Waals surface area contributed by atoms with Crippen molar-refractivity contribution in [1.82, 2.24) is 9.97 Å². The Morgan fingerprint density at radius 3 is 2.75 bits per heavy atom. The van der Waals surface area contributed by atoms with Crippen molar-refractivity contribution < 1.29 is 13.9 Å². The third kappa shape index (κ3) is 4.80. The summed E-state index contributed by atoms with van der Waals surface area (Å²) >= 11 is 0. The maximum atomic E-state index is 14.9. The highest BCUT2D eigenvalue weighted by atomic mass is 19.1. The highest BCUT2D eigenvalue weighted by Crippen LogP contribution is 2.38. The number of fused-ring (bicyclic) bond motifs is 1. The molecule has 2 aromatic heterocycles. The van der Waals surface area contributed by atoms with Crippen LogP contribution in [0.3, 0.4) is 0 Å². The van der Waals surface area contributed by atoms with Gasteiger partial charge in [0.1, 0.15) is 5.82 Å². The lowest BCUT2D eigenvalue weighted by Crippen LogP contribution is -2.31. The minimum atomic E-state index is -0.404. The minimum absolute atomic E-state index is 0.132. The van der Waals surface area contributed by atoms with E-state index in [1.165, 1.54) is 12.1 Å². The zero-order valence-corrected chi connectivity index (χ0v) is 21.1. The summed E-state index contributed by atoms with van der Waals surface area (Å²) in [5.74, 6) is 0.0356. The van der Waals surface area contributed by atoms with Crippen molar-refractivity contribution in [2.45, 2.75) is 63.6 Å². The number of rotatable bonds is 5. The van der Waals surface area contributed by atoms with E-state index < -0.39 is 5.82 Å². The molecule has 0 radical (unpaired) electrons. The van der Waals surface area contributed by atoms with E-state index >= 15 is 0 Å². The van der Waals surface area contributed by atoms with Crippen LogP contribution in [-0.2, 0) is 4.74 Å². The zero-order chi connectivity index (χ0) is 25.4. The molecule has 1 aliphatic heterocycles. The van der Waals surface area contributed by atoms with E-state index in [-0.39, 0.29) is 30.0 Å². The number of carbonyl (C=O) groups is 1. The first-order valence-electron chi connectivity index (χ1n) is 12.7. The molecule has 1 aliphatic carbocycles. The summed E-state index contributed by atoms with van der Waals surface area (Å²) in [7, 11) is 1.71. The molecule has 0 spiro atoms. The molecule has 5 atom stereocenters. The second-order valence-electron chi connectivity index (χ2n) is 10.5. The Hall–Kier alpha value is -3.10. The van der Waals surface area contributed by atoms with Gasteiger partial charge in [0.25, 0.3) is 5.91 Å². The largest absolute Gasteiger partial charge is 0.380 e. The summed E-state index contributed by atoms with van der Waals surface area (Å²) in [4.78, 5) is 24.4. The molecule has 5 rings (SSSR count). The molecular weight excluding hydrogens is 457 g/mol. The Morgan fingerprint density at radius 2 is 2.00 bits per heavy atom. The smallest absolute Gasteiger partial charge is 0.257 e. The Bertz CT molecular complexity index is 1260. The summed E-state index contributed by atoms with van der Waals surface area (Å²) in [5.41, 5.74) is 9.49. The van der Waals surface area contributed by atoms with Gasteiger partial charge in [-0.25, -0.2) is 4.39 Å². The van der Waals surface area contributed by atoms with E-state index in [1.807, 2.05) is 6.07 Å². The predicted octanol–water partition coefficient (Wildman–Crippen LogP) is 4.87. The summed E-state index contributed by atoms with van der Waals surface area (Å²) in [5, 5.41) is 3.35. The van der Waals surface area contributed by atoms with Crippen molar-refractivity contribution in [3.63, 3.8) is 0 Å². The second-order valence-corrected chi connectivity index (χ2v) is 10.5. The predicted molar refractivity (Wildman–Crippen MR) is 140 cm³/mol. The van der Waals surface area contributed by atoms with Crippen molar-refractivity contribution in [3.05, 3.63) is 59.8 Å². The number of nitrogens with one attached hydrogen (secondary N) is 1. The maximum absolute atomic E-state index is 14.9. The van der Waals surface area contributed by atoms with Gasteiger partial charge in [-0.3, -0.25) is 14.8 Å². The van der Waals surface area contributed by atoms with E-state index in [4.69, 9.17) is 10.5 Å². The van der Waals surface area contributed by atoms with E-state index in [0.29, 0.717) is 28.1 Å². The average Bonchev–Trinajstić information content (AvgIpc) is 3.24. The number of carbonyl (C=O) groups excluding carboxylic acids is 1. The van der Waals surface area contributed by atoms with Crippen LogP contribution < -0.4 is 16.0 Å². The van der Waals surface area contributed by atoms with Crippen molar-refractivity contribution in [3.8, 4) is 0 Å². The highest BCUT2D eigenvalue weighted by Gasteiger charge is 2.30. The van der Waals surface area contributed by atoms with Gasteiger partial charge in [-0.1, -0.05) is 6.92 Å². The van der Waals surface area contributed by atoms with E-state index in [2.05, 4.69) is 34.0 Å². The fraction of sp³-hybridized carbons (Fsp3) is 0.464. The molecule has 36 heavy (non-hydrogen) atoms. The van der Waals surface area contributed by atoms with Gasteiger partial charge in [-0.15, -0.1) is 0 Å². The second kappa shape index (κ2) is 10.1. The summed E-state index contributed by atoms with van der Waals surface area (Å²) in [6, 6.07) is 6.97. The molecule has 1 aromatic carbocycles. The number of halogens is 1. The van der Waals surface area contributed by atoms with Gasteiger partial charge in [0.2, 0.25) is 0 Å². The fourth-order valence-corrected chi connectivity index (χ4v) is 5.99. The number of pyridine rings is 2. The number of aromatic nitrogens is 2. The van der Waals surface area contributed by atoms with Gasteiger partial charge in [-0.05, 0) is 74.3 Å². The third-order valence-corrected chi connectivity index (χ3v) is 7.75. The van der Waals surface area contributed by atoms with Crippen molar-refractivity contribution in [1.29, 1.82) is 0 Å². The van der Waals surface area contributed by atoms with Gasteiger partial charge >= 0.3 is 0 Å². The number of benzene rings is 1. The molecular formula is C28H34FN5O2. The van der Waals surface area contributed by atoms with Gasteiger partial charge in [-0.2, -0.15) is 0 Å². The molecule has 0 bridgehead atoms. The molecule has 3 N–H and O–H groups in total. The molecule has 0 unspecified atom stereocenters. The van der Waals surface area contributed by atoms with Crippen LogP contribution in [0.25, 0.3) is 10.9 Å². The number of methoxy groups -OCH3 is 1. The summed E-state index contributed by atoms with van der Waals surface area (Å²) in [6.07, 6.45) is 9.08. The van der Waals surface area contributed by atoms with Crippen molar-refractivity contribution in [2.24, 2.45) is 11.7 Å². The molecule has 3 aromatic rings. The van der Waals surface area contributed by atoms with Crippen molar-refractivity contribution in [2.75, 3.05) is 23.9 Å². The van der Waals surface area contributed by atoms with Crippen LogP contribution in [0.15, 0.2) is 42.9 Å². The topological polar surface area (TPSA) is 93.4 Å². The van der Waals surface area contributed by atoms with Crippen LogP contribution in [-0.4, -0.2) is 47.7 Å². The van der Waals surface area contributed by atoms with Crippen LogP contribution in [0.4, 0.5) is 15.8 Å². The zero-order valence-electron chi connectivity index (χ0n) is 21.1.